The zero-order valence-electron chi connectivity index (χ0n) is 16.1. The molecule has 0 aromatic rings. The second kappa shape index (κ2) is 9.67. The highest BCUT2D eigenvalue weighted by atomic mass is 16.5. The van der Waals surface area contributed by atoms with Gasteiger partial charge in [-0.15, -0.1) is 0 Å². The molecule has 0 aromatic carbocycles. The molecule has 0 radical (unpaired) electrons. The number of nitrogens with one attached hydrogen (secondary N) is 1. The van der Waals surface area contributed by atoms with Gasteiger partial charge >= 0.3 is 0 Å². The van der Waals surface area contributed by atoms with Crippen molar-refractivity contribution in [3.63, 3.8) is 0 Å². The van der Waals surface area contributed by atoms with Crippen LogP contribution in [0.3, 0.4) is 0 Å². The lowest BCUT2D eigenvalue weighted by Crippen LogP contribution is -2.56. The van der Waals surface area contributed by atoms with Gasteiger partial charge in [0.1, 0.15) is 0 Å². The third kappa shape index (κ3) is 5.41. The standard InChI is InChI=1S/C19H34N4O3/c1-16(19(25)20-17-5-3-2-4-6-17)22-9-7-21(8-10-22)15-18(24)23-11-13-26-14-12-23/h16-17H,2-15H2,1H3,(H,20,25). The Hall–Kier alpha value is -1.18. The first-order chi connectivity index (χ1) is 12.6. The van der Waals surface area contributed by atoms with E-state index in [0.29, 0.717) is 38.9 Å². The number of morpholine rings is 1. The van der Waals surface area contributed by atoms with Crippen molar-refractivity contribution >= 4 is 11.8 Å². The summed E-state index contributed by atoms with van der Waals surface area (Å²) in [6.45, 7) is 8.57. The molecule has 7 nitrogen and oxygen atoms in total. The molecule has 3 aliphatic rings. The zero-order valence-corrected chi connectivity index (χ0v) is 16.1. The van der Waals surface area contributed by atoms with E-state index in [0.717, 1.165) is 39.0 Å². The van der Waals surface area contributed by atoms with Crippen molar-refractivity contribution in [1.82, 2.24) is 20.0 Å². The quantitative estimate of drug-likeness (QED) is 0.758. The van der Waals surface area contributed by atoms with Gasteiger partial charge < -0.3 is 15.0 Å². The van der Waals surface area contributed by atoms with Crippen molar-refractivity contribution in [3.8, 4) is 0 Å². The van der Waals surface area contributed by atoms with E-state index in [2.05, 4.69) is 15.1 Å². The van der Waals surface area contributed by atoms with Gasteiger partial charge in [0.15, 0.2) is 0 Å². The third-order valence-corrected chi connectivity index (χ3v) is 6.01. The fourth-order valence-corrected chi connectivity index (χ4v) is 4.15. The number of rotatable bonds is 5. The van der Waals surface area contributed by atoms with Crippen LogP contribution in [0.25, 0.3) is 0 Å². The molecule has 0 aromatic heterocycles. The second-order valence-electron chi connectivity index (χ2n) is 7.82. The highest BCUT2D eigenvalue weighted by Gasteiger charge is 2.28. The molecule has 0 spiro atoms. The predicted octanol–water partition coefficient (Wildman–Crippen LogP) is 0.300. The summed E-state index contributed by atoms with van der Waals surface area (Å²) in [4.78, 5) is 31.3. The first kappa shape index (κ1) is 19.6. The highest BCUT2D eigenvalue weighted by Crippen LogP contribution is 2.18. The maximum atomic E-state index is 12.5. The highest BCUT2D eigenvalue weighted by molar-refractivity contribution is 5.81. The first-order valence-corrected chi connectivity index (χ1v) is 10.3. The van der Waals surface area contributed by atoms with Gasteiger partial charge in [0.05, 0.1) is 25.8 Å². The molecule has 3 fully saturated rings. The fourth-order valence-electron chi connectivity index (χ4n) is 4.15. The summed E-state index contributed by atoms with van der Waals surface area (Å²) in [6.07, 6.45) is 6.00. The summed E-state index contributed by atoms with van der Waals surface area (Å²) in [5, 5.41) is 3.24. The Morgan fingerprint density at radius 2 is 1.65 bits per heavy atom. The maximum Gasteiger partial charge on any atom is 0.237 e. The van der Waals surface area contributed by atoms with E-state index in [1.807, 2.05) is 11.8 Å². The lowest BCUT2D eigenvalue weighted by Gasteiger charge is -2.38. The normalized spacial score (nSPS) is 25.0. The Labute approximate surface area is 157 Å². The molecule has 3 rings (SSSR count). The lowest BCUT2D eigenvalue weighted by atomic mass is 9.95. The van der Waals surface area contributed by atoms with Gasteiger partial charge in [-0.3, -0.25) is 19.4 Å². The molecule has 2 heterocycles. The summed E-state index contributed by atoms with van der Waals surface area (Å²) in [7, 11) is 0. The molecular weight excluding hydrogens is 332 g/mol. The molecule has 2 aliphatic heterocycles. The van der Waals surface area contributed by atoms with E-state index in [-0.39, 0.29) is 17.9 Å². The van der Waals surface area contributed by atoms with Crippen LogP contribution in [-0.2, 0) is 14.3 Å². The summed E-state index contributed by atoms with van der Waals surface area (Å²) >= 11 is 0. The summed E-state index contributed by atoms with van der Waals surface area (Å²) in [6, 6.07) is 0.278. The summed E-state index contributed by atoms with van der Waals surface area (Å²) in [5.41, 5.74) is 0. The first-order valence-electron chi connectivity index (χ1n) is 10.3. The summed E-state index contributed by atoms with van der Waals surface area (Å²) in [5.74, 6) is 0.361. The van der Waals surface area contributed by atoms with Crippen LogP contribution < -0.4 is 5.32 Å². The Morgan fingerprint density at radius 3 is 2.31 bits per heavy atom. The van der Waals surface area contributed by atoms with Gasteiger partial charge in [0.25, 0.3) is 0 Å². The van der Waals surface area contributed by atoms with E-state index >= 15 is 0 Å². The molecular formula is C19H34N4O3. The van der Waals surface area contributed by atoms with E-state index in [1.54, 1.807) is 0 Å². The molecule has 2 amide bonds. The van der Waals surface area contributed by atoms with Crippen LogP contribution in [0, 0.1) is 0 Å². The van der Waals surface area contributed by atoms with E-state index < -0.39 is 0 Å². The van der Waals surface area contributed by atoms with Crippen molar-refractivity contribution in [1.29, 1.82) is 0 Å². The van der Waals surface area contributed by atoms with Crippen LogP contribution in [-0.4, -0.2) is 97.6 Å². The summed E-state index contributed by atoms with van der Waals surface area (Å²) < 4.78 is 5.30. The van der Waals surface area contributed by atoms with Gasteiger partial charge in [0, 0.05) is 45.3 Å². The molecule has 1 atom stereocenters. The third-order valence-electron chi connectivity index (χ3n) is 6.01. The van der Waals surface area contributed by atoms with Crippen LogP contribution in [0.5, 0.6) is 0 Å². The molecule has 1 saturated carbocycles. The monoisotopic (exact) mass is 366 g/mol. The largest absolute Gasteiger partial charge is 0.378 e. The van der Waals surface area contributed by atoms with Crippen LogP contribution >= 0.6 is 0 Å². The second-order valence-corrected chi connectivity index (χ2v) is 7.82. The number of carbonyl (C=O) groups is 2. The molecule has 1 aliphatic carbocycles. The van der Waals surface area contributed by atoms with Crippen LogP contribution in [0.4, 0.5) is 0 Å². The van der Waals surface area contributed by atoms with E-state index in [4.69, 9.17) is 4.74 Å². The minimum Gasteiger partial charge on any atom is -0.378 e. The lowest BCUT2D eigenvalue weighted by molar-refractivity contribution is -0.137. The van der Waals surface area contributed by atoms with Crippen LogP contribution in [0.1, 0.15) is 39.0 Å². The van der Waals surface area contributed by atoms with Crippen molar-refractivity contribution in [2.24, 2.45) is 0 Å². The topological polar surface area (TPSA) is 65.1 Å². The molecule has 2 saturated heterocycles. The van der Waals surface area contributed by atoms with E-state index in [1.165, 1.54) is 19.3 Å². The number of nitrogens with zero attached hydrogens (tertiary/aromatic N) is 3. The molecule has 148 valence electrons. The fraction of sp³-hybridized carbons (Fsp3) is 0.895. The predicted molar refractivity (Wildman–Crippen MR) is 99.9 cm³/mol. The molecule has 0 bridgehead atoms. The van der Waals surface area contributed by atoms with Gasteiger partial charge in [0.2, 0.25) is 11.8 Å². The van der Waals surface area contributed by atoms with Crippen LogP contribution in [0.15, 0.2) is 0 Å². The van der Waals surface area contributed by atoms with Crippen molar-refractivity contribution < 1.29 is 14.3 Å². The average molecular weight is 367 g/mol. The van der Waals surface area contributed by atoms with Gasteiger partial charge in [-0.2, -0.15) is 0 Å². The van der Waals surface area contributed by atoms with E-state index in [9.17, 15) is 9.59 Å². The number of carbonyl (C=O) groups excluding carboxylic acids is 2. The maximum absolute atomic E-state index is 12.5. The molecule has 1 N–H and O–H groups in total. The SMILES string of the molecule is CC(C(=O)NC1CCCCC1)N1CCN(CC(=O)N2CCOCC2)CC1. The van der Waals surface area contributed by atoms with Crippen LogP contribution in [0.2, 0.25) is 0 Å². The van der Waals surface area contributed by atoms with Gasteiger partial charge in [-0.25, -0.2) is 0 Å². The van der Waals surface area contributed by atoms with Crippen molar-refractivity contribution in [2.75, 3.05) is 59.0 Å². The van der Waals surface area contributed by atoms with Gasteiger partial charge in [-0.1, -0.05) is 19.3 Å². The smallest absolute Gasteiger partial charge is 0.237 e. The minimum absolute atomic E-state index is 0.0889. The zero-order chi connectivity index (χ0) is 18.4. The Morgan fingerprint density at radius 1 is 1.00 bits per heavy atom. The number of hydrogen-bond donors (Lipinski definition) is 1. The Bertz CT molecular complexity index is 467. The van der Waals surface area contributed by atoms with Crippen molar-refractivity contribution in [3.05, 3.63) is 0 Å². The molecule has 7 heteroatoms. The average Bonchev–Trinajstić information content (AvgIpc) is 2.69. The Balaban J connectivity index is 1.38. The number of amides is 2. The molecule has 26 heavy (non-hydrogen) atoms. The van der Waals surface area contributed by atoms with Crippen molar-refractivity contribution in [2.45, 2.75) is 51.1 Å². The van der Waals surface area contributed by atoms with Gasteiger partial charge in [-0.05, 0) is 19.8 Å². The Kier molecular flexibility index (Phi) is 7.28. The number of hydrogen-bond acceptors (Lipinski definition) is 5. The minimum atomic E-state index is -0.0889. The number of ether oxygens (including phenoxy) is 1. The molecule has 1 unspecified atom stereocenters. The number of piperazine rings is 1.